The van der Waals surface area contributed by atoms with Crippen LogP contribution in [0.4, 0.5) is 4.39 Å². The lowest BCUT2D eigenvalue weighted by atomic mass is 9.92. The lowest BCUT2D eigenvalue weighted by Crippen LogP contribution is -2.32. The fraction of sp³-hybridized carbons (Fsp3) is 0.500. The first-order chi connectivity index (χ1) is 7.72. The molecule has 88 valence electrons. The zero-order valence-corrected chi connectivity index (χ0v) is 9.80. The number of hydrazine groups is 1. The highest BCUT2D eigenvalue weighted by atomic mass is 35.5. The number of hydrogen-bond donors (Lipinski definition) is 2. The highest BCUT2D eigenvalue weighted by Crippen LogP contribution is 2.36. The molecule has 16 heavy (non-hydrogen) atoms. The van der Waals surface area contributed by atoms with Gasteiger partial charge in [0.25, 0.3) is 0 Å². The van der Waals surface area contributed by atoms with E-state index in [2.05, 4.69) is 5.43 Å². The Hall–Kier alpha value is -0.640. The third kappa shape index (κ3) is 2.37. The number of hydrogen-bond acceptors (Lipinski definition) is 2. The summed E-state index contributed by atoms with van der Waals surface area (Å²) in [7, 11) is 0. The quantitative estimate of drug-likeness (QED) is 0.631. The van der Waals surface area contributed by atoms with Crippen LogP contribution in [0, 0.1) is 11.7 Å². The minimum Gasteiger partial charge on any atom is -0.271 e. The predicted molar refractivity (Wildman–Crippen MR) is 63.4 cm³/mol. The Morgan fingerprint density at radius 3 is 2.62 bits per heavy atom. The molecule has 0 radical (unpaired) electrons. The van der Waals surface area contributed by atoms with Gasteiger partial charge in [0.15, 0.2) is 0 Å². The normalized spacial score (nSPS) is 18.9. The van der Waals surface area contributed by atoms with Crippen molar-refractivity contribution in [3.63, 3.8) is 0 Å². The summed E-state index contributed by atoms with van der Waals surface area (Å²) in [6.45, 7) is 0. The summed E-state index contributed by atoms with van der Waals surface area (Å²) < 4.78 is 13.1. The molecule has 0 saturated heterocycles. The van der Waals surface area contributed by atoms with Gasteiger partial charge in [0.1, 0.15) is 5.82 Å². The molecule has 1 aliphatic rings. The second-order valence-corrected chi connectivity index (χ2v) is 4.77. The third-order valence-electron chi connectivity index (χ3n) is 3.35. The molecule has 1 unspecified atom stereocenters. The molecule has 1 aliphatic carbocycles. The summed E-state index contributed by atoms with van der Waals surface area (Å²) in [6.07, 6.45) is 4.84. The van der Waals surface area contributed by atoms with Crippen molar-refractivity contribution < 1.29 is 4.39 Å². The minimum absolute atomic E-state index is 0.0839. The van der Waals surface area contributed by atoms with E-state index >= 15 is 0 Å². The van der Waals surface area contributed by atoms with Crippen molar-refractivity contribution in [2.45, 2.75) is 31.7 Å². The Balaban J connectivity index is 2.22. The van der Waals surface area contributed by atoms with Crippen molar-refractivity contribution in [1.29, 1.82) is 0 Å². The number of rotatable bonds is 3. The monoisotopic (exact) mass is 242 g/mol. The van der Waals surface area contributed by atoms with Gasteiger partial charge in [0, 0.05) is 6.04 Å². The molecule has 0 aromatic heterocycles. The summed E-state index contributed by atoms with van der Waals surface area (Å²) in [5, 5.41) is 0.163. The van der Waals surface area contributed by atoms with Crippen molar-refractivity contribution in [1.82, 2.24) is 5.43 Å². The first-order valence-corrected chi connectivity index (χ1v) is 6.01. The van der Waals surface area contributed by atoms with Crippen LogP contribution in [0.3, 0.4) is 0 Å². The van der Waals surface area contributed by atoms with Crippen LogP contribution in [0.5, 0.6) is 0 Å². The van der Waals surface area contributed by atoms with Crippen molar-refractivity contribution >= 4 is 11.6 Å². The lowest BCUT2D eigenvalue weighted by molar-refractivity contribution is 0.373. The molecule has 3 N–H and O–H groups in total. The van der Waals surface area contributed by atoms with Crippen LogP contribution in [0.25, 0.3) is 0 Å². The summed E-state index contributed by atoms with van der Waals surface area (Å²) >= 11 is 5.78. The Morgan fingerprint density at radius 1 is 1.38 bits per heavy atom. The smallest absolute Gasteiger partial charge is 0.141 e. The molecule has 0 spiro atoms. The fourth-order valence-corrected chi connectivity index (χ4v) is 2.69. The van der Waals surface area contributed by atoms with E-state index in [-0.39, 0.29) is 16.9 Å². The van der Waals surface area contributed by atoms with E-state index in [0.717, 1.165) is 5.56 Å². The second-order valence-electron chi connectivity index (χ2n) is 4.36. The van der Waals surface area contributed by atoms with E-state index in [0.29, 0.717) is 5.92 Å². The van der Waals surface area contributed by atoms with Crippen molar-refractivity contribution in [2.24, 2.45) is 11.8 Å². The Morgan fingerprint density at radius 2 is 2.06 bits per heavy atom. The number of nitrogens with one attached hydrogen (secondary N) is 1. The molecule has 1 atom stereocenters. The van der Waals surface area contributed by atoms with Crippen LogP contribution in [0.1, 0.15) is 37.3 Å². The number of halogens is 2. The Labute approximate surface area is 99.9 Å². The largest absolute Gasteiger partial charge is 0.271 e. The van der Waals surface area contributed by atoms with Gasteiger partial charge in [-0.2, -0.15) is 0 Å². The molecule has 0 amide bonds. The van der Waals surface area contributed by atoms with Crippen LogP contribution < -0.4 is 11.3 Å². The zero-order valence-electron chi connectivity index (χ0n) is 9.05. The first kappa shape index (κ1) is 11.8. The zero-order chi connectivity index (χ0) is 11.5. The molecule has 2 rings (SSSR count). The average Bonchev–Trinajstić information content (AvgIpc) is 2.78. The van der Waals surface area contributed by atoms with E-state index in [1.54, 1.807) is 12.1 Å². The number of nitrogens with two attached hydrogens (primary N) is 1. The molecule has 4 heteroatoms. The van der Waals surface area contributed by atoms with Gasteiger partial charge in [-0.1, -0.05) is 30.5 Å². The molecule has 2 nitrogen and oxygen atoms in total. The topological polar surface area (TPSA) is 38.0 Å². The molecule has 1 saturated carbocycles. The molecule has 0 heterocycles. The SMILES string of the molecule is NNC(c1ccc(F)c(Cl)c1)C1CCCC1. The van der Waals surface area contributed by atoms with E-state index in [1.165, 1.54) is 31.7 Å². The van der Waals surface area contributed by atoms with Gasteiger partial charge >= 0.3 is 0 Å². The van der Waals surface area contributed by atoms with Crippen LogP contribution in [0.15, 0.2) is 18.2 Å². The summed E-state index contributed by atoms with van der Waals surface area (Å²) in [5.41, 5.74) is 3.80. The van der Waals surface area contributed by atoms with Crippen LogP contribution >= 0.6 is 11.6 Å². The third-order valence-corrected chi connectivity index (χ3v) is 3.64. The molecule has 0 aliphatic heterocycles. The van der Waals surface area contributed by atoms with Gasteiger partial charge in [-0.15, -0.1) is 0 Å². The lowest BCUT2D eigenvalue weighted by Gasteiger charge is -2.23. The van der Waals surface area contributed by atoms with Crippen molar-refractivity contribution in [3.8, 4) is 0 Å². The maximum Gasteiger partial charge on any atom is 0.141 e. The minimum atomic E-state index is -0.382. The number of benzene rings is 1. The van der Waals surface area contributed by atoms with Gasteiger partial charge in [0.05, 0.1) is 5.02 Å². The van der Waals surface area contributed by atoms with E-state index in [9.17, 15) is 4.39 Å². The van der Waals surface area contributed by atoms with Gasteiger partial charge < -0.3 is 0 Å². The van der Waals surface area contributed by atoms with Crippen molar-refractivity contribution in [3.05, 3.63) is 34.6 Å². The van der Waals surface area contributed by atoms with Crippen molar-refractivity contribution in [2.75, 3.05) is 0 Å². The van der Waals surface area contributed by atoms with Crippen LogP contribution in [-0.2, 0) is 0 Å². The molecule has 1 fully saturated rings. The Bertz CT molecular complexity index is 364. The molecular weight excluding hydrogens is 227 g/mol. The molecular formula is C12H16ClFN2. The summed E-state index contributed by atoms with van der Waals surface area (Å²) in [5.74, 6) is 5.74. The first-order valence-electron chi connectivity index (χ1n) is 5.63. The van der Waals surface area contributed by atoms with Gasteiger partial charge in [-0.25, -0.2) is 4.39 Å². The summed E-state index contributed by atoms with van der Waals surface area (Å²) in [4.78, 5) is 0. The van der Waals surface area contributed by atoms with Gasteiger partial charge in [0.2, 0.25) is 0 Å². The van der Waals surface area contributed by atoms with E-state index in [1.807, 2.05) is 0 Å². The standard InChI is InChI=1S/C12H16ClFN2/c13-10-7-9(5-6-11(10)14)12(16-15)8-3-1-2-4-8/h5-8,12,16H,1-4,15H2. The Kier molecular flexibility index (Phi) is 3.79. The highest BCUT2D eigenvalue weighted by molar-refractivity contribution is 6.30. The average molecular weight is 243 g/mol. The highest BCUT2D eigenvalue weighted by Gasteiger charge is 2.25. The van der Waals surface area contributed by atoms with Gasteiger partial charge in [-0.05, 0) is 36.5 Å². The maximum absolute atomic E-state index is 13.1. The molecule has 0 bridgehead atoms. The van der Waals surface area contributed by atoms with E-state index in [4.69, 9.17) is 17.4 Å². The molecule has 1 aromatic rings. The summed E-state index contributed by atoms with van der Waals surface area (Å²) in [6, 6.07) is 4.90. The fourth-order valence-electron chi connectivity index (χ4n) is 2.50. The van der Waals surface area contributed by atoms with Crippen LogP contribution in [-0.4, -0.2) is 0 Å². The predicted octanol–water partition coefficient (Wildman–Crippen LogP) is 3.17. The maximum atomic E-state index is 13.1. The van der Waals surface area contributed by atoms with E-state index < -0.39 is 0 Å². The second kappa shape index (κ2) is 5.13. The van der Waals surface area contributed by atoms with Gasteiger partial charge in [-0.3, -0.25) is 11.3 Å². The van der Waals surface area contributed by atoms with Crippen LogP contribution in [0.2, 0.25) is 5.02 Å². The molecule has 1 aromatic carbocycles.